The Kier molecular flexibility index (Phi) is 3.71. The van der Waals surface area contributed by atoms with Crippen LogP contribution in [0.2, 0.25) is 0 Å². The number of methoxy groups -OCH3 is 3. The summed E-state index contributed by atoms with van der Waals surface area (Å²) in [5, 5.41) is 0. The van der Waals surface area contributed by atoms with Crippen LogP contribution in [0.1, 0.15) is 11.7 Å². The molecule has 0 saturated carbocycles. The molecule has 5 nitrogen and oxygen atoms in total. The fourth-order valence-electron chi connectivity index (χ4n) is 1.89. The van der Waals surface area contributed by atoms with E-state index in [2.05, 4.69) is 0 Å². The van der Waals surface area contributed by atoms with E-state index in [-0.39, 0.29) is 6.10 Å². The molecule has 0 radical (unpaired) electrons. The molecule has 1 saturated heterocycles. The molecule has 1 atom stereocenters. The first-order valence-electron chi connectivity index (χ1n) is 5.30. The van der Waals surface area contributed by atoms with Crippen molar-refractivity contribution in [3.63, 3.8) is 0 Å². The summed E-state index contributed by atoms with van der Waals surface area (Å²) in [6.07, 6.45) is -0.121. The number of hydrogen-bond acceptors (Lipinski definition) is 5. The number of ether oxygens (including phenoxy) is 5. The smallest absolute Gasteiger partial charge is 0.203 e. The predicted molar refractivity (Wildman–Crippen MR) is 60.7 cm³/mol. The standard InChI is InChI=1S/C12H16O5/c1-13-9-5-4-8(10-6-16-7-17-10)11(14-2)12(9)15-3/h4-5,10H,6-7H2,1-3H3. The molecule has 1 aromatic rings. The molecule has 5 heteroatoms. The number of hydrogen-bond donors (Lipinski definition) is 0. The van der Waals surface area contributed by atoms with Gasteiger partial charge in [-0.2, -0.15) is 0 Å². The lowest BCUT2D eigenvalue weighted by atomic mass is 10.1. The van der Waals surface area contributed by atoms with Gasteiger partial charge >= 0.3 is 0 Å². The highest BCUT2D eigenvalue weighted by Gasteiger charge is 2.25. The molecular weight excluding hydrogens is 224 g/mol. The first-order valence-corrected chi connectivity index (χ1v) is 5.30. The summed E-state index contributed by atoms with van der Waals surface area (Å²) < 4.78 is 26.6. The summed E-state index contributed by atoms with van der Waals surface area (Å²) >= 11 is 0. The minimum absolute atomic E-state index is 0.121. The lowest BCUT2D eigenvalue weighted by Gasteiger charge is -2.17. The molecule has 1 aromatic carbocycles. The van der Waals surface area contributed by atoms with E-state index in [0.29, 0.717) is 30.6 Å². The summed E-state index contributed by atoms with van der Waals surface area (Å²) in [5.41, 5.74) is 0.905. The third kappa shape index (κ3) is 2.16. The highest BCUT2D eigenvalue weighted by Crippen LogP contribution is 2.43. The van der Waals surface area contributed by atoms with Crippen molar-refractivity contribution in [2.24, 2.45) is 0 Å². The van der Waals surface area contributed by atoms with E-state index in [1.54, 1.807) is 21.3 Å². The normalized spacial score (nSPS) is 19.1. The van der Waals surface area contributed by atoms with Gasteiger partial charge in [-0.25, -0.2) is 0 Å². The maximum atomic E-state index is 5.46. The molecule has 1 unspecified atom stereocenters. The number of benzene rings is 1. The van der Waals surface area contributed by atoms with Crippen molar-refractivity contribution >= 4 is 0 Å². The van der Waals surface area contributed by atoms with Crippen LogP contribution in [-0.2, 0) is 9.47 Å². The minimum Gasteiger partial charge on any atom is -0.493 e. The maximum absolute atomic E-state index is 5.46. The van der Waals surface area contributed by atoms with Gasteiger partial charge in [-0.15, -0.1) is 0 Å². The van der Waals surface area contributed by atoms with Crippen LogP contribution in [0.4, 0.5) is 0 Å². The Morgan fingerprint density at radius 3 is 2.35 bits per heavy atom. The van der Waals surface area contributed by atoms with Crippen molar-refractivity contribution in [1.29, 1.82) is 0 Å². The molecule has 0 amide bonds. The molecule has 17 heavy (non-hydrogen) atoms. The minimum atomic E-state index is -0.121. The second-order valence-corrected chi connectivity index (χ2v) is 3.57. The molecule has 0 aliphatic carbocycles. The van der Waals surface area contributed by atoms with Crippen LogP contribution in [0.5, 0.6) is 17.2 Å². The molecule has 1 heterocycles. The highest BCUT2D eigenvalue weighted by atomic mass is 16.7. The summed E-state index contributed by atoms with van der Waals surface area (Å²) in [4.78, 5) is 0. The van der Waals surface area contributed by atoms with Crippen molar-refractivity contribution in [2.45, 2.75) is 6.10 Å². The van der Waals surface area contributed by atoms with Gasteiger partial charge < -0.3 is 23.7 Å². The average molecular weight is 240 g/mol. The lowest BCUT2D eigenvalue weighted by Crippen LogP contribution is -2.05. The molecule has 1 aliphatic heterocycles. The summed E-state index contributed by atoms with van der Waals surface area (Å²) in [6.45, 7) is 0.827. The lowest BCUT2D eigenvalue weighted by molar-refractivity contribution is 0.0459. The Morgan fingerprint density at radius 2 is 1.82 bits per heavy atom. The van der Waals surface area contributed by atoms with Gasteiger partial charge in [0.2, 0.25) is 5.75 Å². The largest absolute Gasteiger partial charge is 0.493 e. The Bertz CT molecular complexity index is 385. The van der Waals surface area contributed by atoms with E-state index in [0.717, 1.165) is 5.56 Å². The highest BCUT2D eigenvalue weighted by molar-refractivity contribution is 5.56. The van der Waals surface area contributed by atoms with E-state index in [4.69, 9.17) is 23.7 Å². The van der Waals surface area contributed by atoms with Crippen LogP contribution in [0.3, 0.4) is 0 Å². The van der Waals surface area contributed by atoms with Crippen molar-refractivity contribution in [3.8, 4) is 17.2 Å². The third-order valence-electron chi connectivity index (χ3n) is 2.70. The van der Waals surface area contributed by atoms with Gasteiger partial charge in [-0.05, 0) is 12.1 Å². The molecule has 0 bridgehead atoms. The van der Waals surface area contributed by atoms with Gasteiger partial charge in [0.25, 0.3) is 0 Å². The summed E-state index contributed by atoms with van der Waals surface area (Å²) in [5.74, 6) is 1.83. The molecule has 1 aliphatic rings. The van der Waals surface area contributed by atoms with Gasteiger partial charge in [-0.3, -0.25) is 0 Å². The molecule has 0 spiro atoms. The first-order chi connectivity index (χ1) is 8.31. The topological polar surface area (TPSA) is 46.2 Å². The molecule has 0 aromatic heterocycles. The monoisotopic (exact) mass is 240 g/mol. The summed E-state index contributed by atoms with van der Waals surface area (Å²) in [6, 6.07) is 3.73. The third-order valence-corrected chi connectivity index (χ3v) is 2.70. The van der Waals surface area contributed by atoms with Crippen molar-refractivity contribution < 1.29 is 23.7 Å². The van der Waals surface area contributed by atoms with E-state index >= 15 is 0 Å². The van der Waals surface area contributed by atoms with E-state index < -0.39 is 0 Å². The molecular formula is C12H16O5. The predicted octanol–water partition coefficient (Wildman–Crippen LogP) is 1.76. The summed E-state index contributed by atoms with van der Waals surface area (Å²) in [7, 11) is 4.76. The fraction of sp³-hybridized carbons (Fsp3) is 0.500. The van der Waals surface area contributed by atoms with E-state index in [9.17, 15) is 0 Å². The zero-order valence-electron chi connectivity index (χ0n) is 10.2. The quantitative estimate of drug-likeness (QED) is 0.802. The average Bonchev–Trinajstić information content (AvgIpc) is 2.90. The molecule has 1 fully saturated rings. The molecule has 2 rings (SSSR count). The van der Waals surface area contributed by atoms with Gasteiger partial charge in [-0.1, -0.05) is 0 Å². The SMILES string of the molecule is COc1ccc(C2COCO2)c(OC)c1OC. The van der Waals surface area contributed by atoms with Gasteiger partial charge in [0.1, 0.15) is 12.9 Å². The first kappa shape index (κ1) is 12.0. The van der Waals surface area contributed by atoms with Crippen molar-refractivity contribution in [2.75, 3.05) is 34.7 Å². The van der Waals surface area contributed by atoms with Crippen LogP contribution >= 0.6 is 0 Å². The maximum Gasteiger partial charge on any atom is 0.203 e. The second-order valence-electron chi connectivity index (χ2n) is 3.57. The van der Waals surface area contributed by atoms with Gasteiger partial charge in [0.15, 0.2) is 11.5 Å². The Balaban J connectivity index is 2.44. The van der Waals surface area contributed by atoms with E-state index in [1.165, 1.54) is 0 Å². The van der Waals surface area contributed by atoms with E-state index in [1.807, 2.05) is 12.1 Å². The molecule has 0 N–H and O–H groups in total. The van der Waals surface area contributed by atoms with Crippen LogP contribution in [-0.4, -0.2) is 34.7 Å². The number of rotatable bonds is 4. The van der Waals surface area contributed by atoms with Gasteiger partial charge in [0, 0.05) is 5.56 Å². The zero-order valence-corrected chi connectivity index (χ0v) is 10.2. The van der Waals surface area contributed by atoms with Crippen LogP contribution in [0.25, 0.3) is 0 Å². The Hall–Kier alpha value is -1.46. The van der Waals surface area contributed by atoms with Crippen molar-refractivity contribution in [1.82, 2.24) is 0 Å². The second kappa shape index (κ2) is 5.25. The molecule has 94 valence electrons. The Morgan fingerprint density at radius 1 is 1.06 bits per heavy atom. The van der Waals surface area contributed by atoms with Crippen LogP contribution in [0.15, 0.2) is 12.1 Å². The van der Waals surface area contributed by atoms with Crippen LogP contribution in [0, 0.1) is 0 Å². The zero-order chi connectivity index (χ0) is 12.3. The van der Waals surface area contributed by atoms with Crippen molar-refractivity contribution in [3.05, 3.63) is 17.7 Å². The van der Waals surface area contributed by atoms with Crippen LogP contribution < -0.4 is 14.2 Å². The van der Waals surface area contributed by atoms with Gasteiger partial charge in [0.05, 0.1) is 27.9 Å². The fourth-order valence-corrected chi connectivity index (χ4v) is 1.89. The Labute approximate surface area is 100 Å².